The smallest absolute Gasteiger partial charge is 0.253 e. The second-order valence-corrected chi connectivity index (χ2v) is 6.55. The van der Waals surface area contributed by atoms with E-state index in [0.29, 0.717) is 12.5 Å². The normalized spacial score (nSPS) is 18.2. The van der Waals surface area contributed by atoms with Crippen LogP contribution in [0.15, 0.2) is 17.2 Å². The molecular formula is C17H22N4O4. The number of amides is 3. The first kappa shape index (κ1) is 17.3. The van der Waals surface area contributed by atoms with Crippen LogP contribution in [0.1, 0.15) is 50.1 Å². The third kappa shape index (κ3) is 4.12. The van der Waals surface area contributed by atoms with Crippen LogP contribution in [0.3, 0.4) is 0 Å². The Hall–Kier alpha value is -2.51. The molecule has 2 fully saturated rings. The predicted octanol–water partition coefficient (Wildman–Crippen LogP) is 0.166. The molecule has 0 aromatic carbocycles. The Labute approximate surface area is 145 Å². The van der Waals surface area contributed by atoms with Crippen LogP contribution < -0.4 is 10.9 Å². The summed E-state index contributed by atoms with van der Waals surface area (Å²) in [5, 5.41) is 2.62. The van der Waals surface area contributed by atoms with Crippen molar-refractivity contribution in [2.45, 2.75) is 51.0 Å². The lowest BCUT2D eigenvalue weighted by Crippen LogP contribution is -2.41. The maximum Gasteiger partial charge on any atom is 0.253 e. The number of hydrogen-bond donors (Lipinski definition) is 1. The Morgan fingerprint density at radius 1 is 1.16 bits per heavy atom. The Kier molecular flexibility index (Phi) is 5.25. The summed E-state index contributed by atoms with van der Waals surface area (Å²) in [6, 6.07) is 1.58. The van der Waals surface area contributed by atoms with Crippen molar-refractivity contribution >= 4 is 17.7 Å². The molecule has 25 heavy (non-hydrogen) atoms. The summed E-state index contributed by atoms with van der Waals surface area (Å²) in [5.41, 5.74) is 0.727. The molecule has 1 saturated carbocycles. The molecule has 1 N–H and O–H groups in total. The van der Waals surface area contributed by atoms with Gasteiger partial charge in [0, 0.05) is 37.9 Å². The zero-order valence-electron chi connectivity index (χ0n) is 14.1. The summed E-state index contributed by atoms with van der Waals surface area (Å²) in [7, 11) is 0. The van der Waals surface area contributed by atoms with Gasteiger partial charge in [-0.15, -0.1) is 0 Å². The van der Waals surface area contributed by atoms with E-state index < -0.39 is 5.91 Å². The van der Waals surface area contributed by atoms with Crippen molar-refractivity contribution < 1.29 is 14.4 Å². The fourth-order valence-corrected chi connectivity index (χ4v) is 3.37. The average Bonchev–Trinajstić information content (AvgIpc) is 3.22. The second kappa shape index (κ2) is 7.58. The van der Waals surface area contributed by atoms with Crippen LogP contribution in [0.4, 0.5) is 0 Å². The van der Waals surface area contributed by atoms with Gasteiger partial charge in [0.15, 0.2) is 0 Å². The number of carbonyl (C=O) groups is 3. The third-order valence-corrected chi connectivity index (χ3v) is 4.81. The number of nitrogens with zero attached hydrogens (tertiary/aromatic N) is 3. The number of hydrogen-bond acceptors (Lipinski definition) is 5. The van der Waals surface area contributed by atoms with Crippen molar-refractivity contribution in [1.82, 2.24) is 19.8 Å². The number of rotatable bonds is 6. The molecule has 0 unspecified atom stereocenters. The van der Waals surface area contributed by atoms with Gasteiger partial charge in [0.2, 0.25) is 17.7 Å². The van der Waals surface area contributed by atoms with Crippen LogP contribution in [-0.2, 0) is 20.9 Å². The highest BCUT2D eigenvalue weighted by Crippen LogP contribution is 2.32. The van der Waals surface area contributed by atoms with Crippen molar-refractivity contribution in [3.05, 3.63) is 28.4 Å². The molecule has 2 aliphatic rings. The molecule has 1 aromatic rings. The predicted molar refractivity (Wildman–Crippen MR) is 88.7 cm³/mol. The number of carbonyl (C=O) groups excluding carboxylic acids is 3. The Morgan fingerprint density at radius 3 is 2.48 bits per heavy atom. The van der Waals surface area contributed by atoms with Crippen LogP contribution in [0.2, 0.25) is 0 Å². The molecule has 0 atom stereocenters. The average molecular weight is 346 g/mol. The van der Waals surface area contributed by atoms with E-state index in [0.717, 1.165) is 23.4 Å². The van der Waals surface area contributed by atoms with Gasteiger partial charge in [-0.1, -0.05) is 12.8 Å². The highest BCUT2D eigenvalue weighted by Gasteiger charge is 2.30. The van der Waals surface area contributed by atoms with Crippen molar-refractivity contribution in [3.63, 3.8) is 0 Å². The maximum atomic E-state index is 12.1. The van der Waals surface area contributed by atoms with Crippen molar-refractivity contribution in [3.8, 4) is 0 Å². The monoisotopic (exact) mass is 346 g/mol. The van der Waals surface area contributed by atoms with Crippen LogP contribution in [-0.4, -0.2) is 45.3 Å². The molecular weight excluding hydrogens is 324 g/mol. The molecule has 8 nitrogen and oxygen atoms in total. The van der Waals surface area contributed by atoms with E-state index in [1.165, 1.54) is 23.7 Å². The number of imide groups is 1. The molecule has 0 bridgehead atoms. The zero-order valence-corrected chi connectivity index (χ0v) is 14.1. The van der Waals surface area contributed by atoms with Gasteiger partial charge in [-0.2, -0.15) is 0 Å². The standard InChI is InChI=1S/C17H22N4O4/c22-14(10-21-15(23)5-6-16(21)24)18-7-8-20-11-19-13(9-17(20)25)12-3-1-2-4-12/h9,11-12H,1-8,10H2,(H,18,22). The van der Waals surface area contributed by atoms with E-state index >= 15 is 0 Å². The molecule has 0 spiro atoms. The van der Waals surface area contributed by atoms with E-state index in [-0.39, 0.29) is 43.3 Å². The highest BCUT2D eigenvalue weighted by atomic mass is 16.2. The molecule has 8 heteroatoms. The van der Waals surface area contributed by atoms with Gasteiger partial charge in [-0.05, 0) is 12.8 Å². The first-order valence-electron chi connectivity index (χ1n) is 8.71. The summed E-state index contributed by atoms with van der Waals surface area (Å²) in [5.74, 6) is -0.657. The lowest BCUT2D eigenvalue weighted by Gasteiger charge is -2.14. The van der Waals surface area contributed by atoms with Gasteiger partial charge in [0.25, 0.3) is 5.56 Å². The van der Waals surface area contributed by atoms with E-state index in [1.807, 2.05) is 0 Å². The lowest BCUT2D eigenvalue weighted by molar-refractivity contribution is -0.142. The van der Waals surface area contributed by atoms with Gasteiger partial charge in [-0.3, -0.25) is 28.6 Å². The second-order valence-electron chi connectivity index (χ2n) is 6.55. The van der Waals surface area contributed by atoms with E-state index in [9.17, 15) is 19.2 Å². The maximum absolute atomic E-state index is 12.1. The van der Waals surface area contributed by atoms with Gasteiger partial charge < -0.3 is 5.32 Å². The minimum Gasteiger partial charge on any atom is -0.353 e. The molecule has 1 aromatic heterocycles. The van der Waals surface area contributed by atoms with Crippen LogP contribution >= 0.6 is 0 Å². The van der Waals surface area contributed by atoms with Gasteiger partial charge in [0.05, 0.1) is 12.0 Å². The van der Waals surface area contributed by atoms with E-state index in [1.54, 1.807) is 6.07 Å². The highest BCUT2D eigenvalue weighted by molar-refractivity contribution is 6.04. The van der Waals surface area contributed by atoms with E-state index in [2.05, 4.69) is 10.3 Å². The van der Waals surface area contributed by atoms with Gasteiger partial charge in [-0.25, -0.2) is 4.98 Å². The SMILES string of the molecule is O=C(CN1C(=O)CCC1=O)NCCn1cnc(C2CCCC2)cc1=O. The summed E-state index contributed by atoms with van der Waals surface area (Å²) < 4.78 is 1.45. The van der Waals surface area contributed by atoms with Gasteiger partial charge >= 0.3 is 0 Å². The Balaban J connectivity index is 1.48. The molecule has 134 valence electrons. The summed E-state index contributed by atoms with van der Waals surface area (Å²) >= 11 is 0. The summed E-state index contributed by atoms with van der Waals surface area (Å²) in [4.78, 5) is 52.3. The fraction of sp³-hybridized carbons (Fsp3) is 0.588. The molecule has 1 aliphatic heterocycles. The Morgan fingerprint density at radius 2 is 1.84 bits per heavy atom. The quantitative estimate of drug-likeness (QED) is 0.740. The van der Waals surface area contributed by atoms with Crippen molar-refractivity contribution in [2.75, 3.05) is 13.1 Å². The van der Waals surface area contributed by atoms with Crippen LogP contribution in [0.25, 0.3) is 0 Å². The minimum absolute atomic E-state index is 0.129. The molecule has 0 radical (unpaired) electrons. The topological polar surface area (TPSA) is 101 Å². The fourth-order valence-electron chi connectivity index (χ4n) is 3.37. The minimum atomic E-state index is -0.410. The summed E-state index contributed by atoms with van der Waals surface area (Å²) in [6.07, 6.45) is 6.39. The molecule has 1 saturated heterocycles. The molecule has 3 amide bonds. The number of nitrogens with one attached hydrogen (secondary N) is 1. The molecule has 3 rings (SSSR count). The summed E-state index contributed by atoms with van der Waals surface area (Å²) in [6.45, 7) is 0.273. The van der Waals surface area contributed by atoms with E-state index in [4.69, 9.17) is 0 Å². The van der Waals surface area contributed by atoms with Gasteiger partial charge in [0.1, 0.15) is 6.54 Å². The number of likely N-dealkylation sites (tertiary alicyclic amines) is 1. The van der Waals surface area contributed by atoms with Crippen molar-refractivity contribution in [1.29, 1.82) is 0 Å². The van der Waals surface area contributed by atoms with Crippen molar-refractivity contribution in [2.24, 2.45) is 0 Å². The third-order valence-electron chi connectivity index (χ3n) is 4.81. The van der Waals surface area contributed by atoms with Crippen LogP contribution in [0, 0.1) is 0 Å². The molecule has 1 aliphatic carbocycles. The van der Waals surface area contributed by atoms with Crippen LogP contribution in [0.5, 0.6) is 0 Å². The lowest BCUT2D eigenvalue weighted by atomic mass is 10.0. The first-order valence-corrected chi connectivity index (χ1v) is 8.71. The Bertz CT molecular complexity index is 720. The first-order chi connectivity index (χ1) is 12.0. The number of aromatic nitrogens is 2. The molecule has 2 heterocycles. The zero-order chi connectivity index (χ0) is 17.8. The largest absolute Gasteiger partial charge is 0.353 e.